The molecule has 210 valence electrons. The molecule has 0 amide bonds. The molecule has 0 bridgehead atoms. The summed E-state index contributed by atoms with van der Waals surface area (Å²) >= 11 is 0. The van der Waals surface area contributed by atoms with Crippen LogP contribution in [-0.2, 0) is 12.8 Å². The van der Waals surface area contributed by atoms with Gasteiger partial charge in [-0.2, -0.15) is 0 Å². The highest BCUT2D eigenvalue weighted by Crippen LogP contribution is 2.14. The van der Waals surface area contributed by atoms with Crippen molar-refractivity contribution in [3.05, 3.63) is 106 Å². The predicted octanol–water partition coefficient (Wildman–Crippen LogP) is 10.8. The number of benzene rings is 3. The summed E-state index contributed by atoms with van der Waals surface area (Å²) in [6.07, 6.45) is 19.4. The fourth-order valence-electron chi connectivity index (χ4n) is 4.88. The third-order valence-electron chi connectivity index (χ3n) is 7.46. The van der Waals surface area contributed by atoms with Gasteiger partial charge in [0.2, 0.25) is 0 Å². The van der Waals surface area contributed by atoms with Gasteiger partial charge >= 0.3 is 0 Å². The summed E-state index contributed by atoms with van der Waals surface area (Å²) in [5, 5.41) is 0. The van der Waals surface area contributed by atoms with Gasteiger partial charge in [0, 0.05) is 16.7 Å². The lowest BCUT2D eigenvalue weighted by Gasteiger charge is -2.03. The summed E-state index contributed by atoms with van der Waals surface area (Å²) in [5.41, 5.74) is 5.62. The van der Waals surface area contributed by atoms with Crippen LogP contribution in [0.3, 0.4) is 0 Å². The largest absolute Gasteiger partial charge is 0.206 e. The van der Waals surface area contributed by atoms with Crippen molar-refractivity contribution in [3.8, 4) is 23.7 Å². The Hall–Kier alpha value is -3.29. The second-order valence-electron chi connectivity index (χ2n) is 11.0. The minimum Gasteiger partial charge on any atom is -0.206 e. The molecule has 0 nitrogen and oxygen atoms in total. The summed E-state index contributed by atoms with van der Waals surface area (Å²) in [6, 6.07) is 21.9. The minimum atomic E-state index is -0.330. The molecule has 3 rings (SSSR count). The van der Waals surface area contributed by atoms with Gasteiger partial charge in [0.15, 0.2) is 0 Å². The van der Waals surface area contributed by atoms with E-state index in [9.17, 15) is 4.39 Å². The van der Waals surface area contributed by atoms with Crippen molar-refractivity contribution in [2.75, 3.05) is 0 Å². The van der Waals surface area contributed by atoms with Crippen molar-refractivity contribution >= 4 is 0 Å². The van der Waals surface area contributed by atoms with Gasteiger partial charge in [-0.25, -0.2) is 4.39 Å². The van der Waals surface area contributed by atoms with Gasteiger partial charge in [-0.05, 0) is 79.3 Å². The van der Waals surface area contributed by atoms with Gasteiger partial charge < -0.3 is 0 Å². The number of hydrogen-bond acceptors (Lipinski definition) is 0. The van der Waals surface area contributed by atoms with Crippen LogP contribution in [0.4, 0.5) is 4.39 Å². The van der Waals surface area contributed by atoms with Gasteiger partial charge in [0.1, 0.15) is 5.82 Å². The monoisotopic (exact) mass is 534 g/mol. The molecule has 0 heterocycles. The van der Waals surface area contributed by atoms with Crippen LogP contribution in [0.15, 0.2) is 66.7 Å². The van der Waals surface area contributed by atoms with Gasteiger partial charge in [0.05, 0.1) is 5.56 Å². The molecule has 0 unspecified atom stereocenters. The molecule has 0 N–H and O–H groups in total. The topological polar surface area (TPSA) is 0 Å². The zero-order valence-electron chi connectivity index (χ0n) is 24.8. The first kappa shape index (κ1) is 31.2. The lowest BCUT2D eigenvalue weighted by Crippen LogP contribution is -1.88. The maximum Gasteiger partial charge on any atom is 0.140 e. The van der Waals surface area contributed by atoms with E-state index < -0.39 is 0 Å². The Kier molecular flexibility index (Phi) is 14.8. The number of rotatable bonds is 15. The van der Waals surface area contributed by atoms with Crippen LogP contribution in [0, 0.1) is 29.5 Å². The van der Waals surface area contributed by atoms with Crippen LogP contribution in [0.1, 0.15) is 131 Å². The molecule has 3 aromatic carbocycles. The highest BCUT2D eigenvalue weighted by molar-refractivity contribution is 5.49. The van der Waals surface area contributed by atoms with Crippen molar-refractivity contribution in [1.82, 2.24) is 0 Å². The van der Waals surface area contributed by atoms with Crippen LogP contribution < -0.4 is 0 Å². The summed E-state index contributed by atoms with van der Waals surface area (Å²) in [5.74, 6) is 12.0. The van der Waals surface area contributed by atoms with E-state index in [0.29, 0.717) is 11.1 Å². The van der Waals surface area contributed by atoms with Crippen molar-refractivity contribution in [3.63, 3.8) is 0 Å². The lowest BCUT2D eigenvalue weighted by atomic mass is 10.0. The van der Waals surface area contributed by atoms with E-state index in [4.69, 9.17) is 0 Å². The Balaban J connectivity index is 1.45. The maximum atomic E-state index is 14.7. The maximum absolute atomic E-state index is 14.7. The molecule has 0 aliphatic heterocycles. The molecule has 0 aliphatic rings. The van der Waals surface area contributed by atoms with Gasteiger partial charge in [0.25, 0.3) is 0 Å². The van der Waals surface area contributed by atoms with Crippen LogP contribution in [0.25, 0.3) is 0 Å². The molecule has 1 heteroatoms. The average molecular weight is 535 g/mol. The first-order chi connectivity index (χ1) is 19.7. The molecule has 0 saturated carbocycles. The summed E-state index contributed by atoms with van der Waals surface area (Å²) in [7, 11) is 0. The molecule has 0 atom stereocenters. The normalized spacial score (nSPS) is 10.5. The van der Waals surface area contributed by atoms with E-state index in [1.54, 1.807) is 6.07 Å². The zero-order chi connectivity index (χ0) is 28.3. The van der Waals surface area contributed by atoms with E-state index in [1.807, 2.05) is 18.2 Å². The van der Waals surface area contributed by atoms with E-state index in [0.717, 1.165) is 24.0 Å². The Morgan fingerprint density at radius 2 is 0.850 bits per heavy atom. The zero-order valence-corrected chi connectivity index (χ0v) is 24.8. The molecule has 0 aromatic heterocycles. The second-order valence-corrected chi connectivity index (χ2v) is 11.0. The molecule has 0 saturated heterocycles. The molecule has 0 aliphatic carbocycles. The Bertz CT molecular complexity index is 1240. The van der Waals surface area contributed by atoms with E-state index in [1.165, 1.54) is 101 Å². The number of hydrogen-bond donors (Lipinski definition) is 0. The highest BCUT2D eigenvalue weighted by Gasteiger charge is 2.01. The Morgan fingerprint density at radius 3 is 1.32 bits per heavy atom. The quantitative estimate of drug-likeness (QED) is 0.134. The molecular formula is C39H47F. The number of unbranched alkanes of at least 4 members (excludes halogenated alkanes) is 11. The fourth-order valence-corrected chi connectivity index (χ4v) is 4.88. The molecule has 0 radical (unpaired) electrons. The molecule has 0 fully saturated rings. The molecule has 3 aromatic rings. The number of aryl methyl sites for hydroxylation is 2. The van der Waals surface area contributed by atoms with Crippen molar-refractivity contribution in [2.24, 2.45) is 0 Å². The van der Waals surface area contributed by atoms with Gasteiger partial charge in [-0.1, -0.05) is 132 Å². The summed E-state index contributed by atoms with van der Waals surface area (Å²) in [4.78, 5) is 0. The van der Waals surface area contributed by atoms with E-state index in [-0.39, 0.29) is 5.82 Å². The molecule has 0 spiro atoms. The first-order valence-electron chi connectivity index (χ1n) is 15.7. The predicted molar refractivity (Wildman–Crippen MR) is 170 cm³/mol. The van der Waals surface area contributed by atoms with Crippen LogP contribution >= 0.6 is 0 Å². The first-order valence-corrected chi connectivity index (χ1v) is 15.7. The minimum absolute atomic E-state index is 0.330. The van der Waals surface area contributed by atoms with E-state index >= 15 is 0 Å². The summed E-state index contributed by atoms with van der Waals surface area (Å²) in [6.45, 7) is 4.51. The van der Waals surface area contributed by atoms with Crippen LogP contribution in [0.5, 0.6) is 0 Å². The lowest BCUT2D eigenvalue weighted by molar-refractivity contribution is 0.575. The number of halogens is 1. The molecule has 40 heavy (non-hydrogen) atoms. The van der Waals surface area contributed by atoms with Crippen LogP contribution in [0.2, 0.25) is 0 Å². The van der Waals surface area contributed by atoms with Crippen molar-refractivity contribution in [2.45, 2.75) is 110 Å². The van der Waals surface area contributed by atoms with Gasteiger partial charge in [-0.15, -0.1) is 0 Å². The SMILES string of the molecule is CCCCCCCCCCc1ccc(C#Cc2ccc(C#Cc3ccc(CCCCCCC)cc3)cc2F)cc1. The van der Waals surface area contributed by atoms with Gasteiger partial charge in [-0.3, -0.25) is 0 Å². The second kappa shape index (κ2) is 18.9. The smallest absolute Gasteiger partial charge is 0.140 e. The standard InChI is InChI=1S/C39H47F/c1-3-5-7-9-10-11-13-15-17-34-20-24-36(25-21-34)28-30-38-31-29-37(32-39(38)40)27-26-35-22-18-33(19-23-35)16-14-12-8-6-4-2/h18-25,29,31-32H,3-17H2,1-2H3. The fraction of sp³-hybridized carbons (Fsp3) is 0.436. The Morgan fingerprint density at radius 1 is 0.450 bits per heavy atom. The van der Waals surface area contributed by atoms with E-state index in [2.05, 4.69) is 73.9 Å². The van der Waals surface area contributed by atoms with Crippen molar-refractivity contribution < 1.29 is 4.39 Å². The Labute approximate surface area is 243 Å². The average Bonchev–Trinajstić information content (AvgIpc) is 2.98. The van der Waals surface area contributed by atoms with Crippen molar-refractivity contribution in [1.29, 1.82) is 0 Å². The van der Waals surface area contributed by atoms with Crippen LogP contribution in [-0.4, -0.2) is 0 Å². The molecular weight excluding hydrogens is 487 g/mol. The third kappa shape index (κ3) is 12.3. The highest BCUT2D eigenvalue weighted by atomic mass is 19.1. The third-order valence-corrected chi connectivity index (χ3v) is 7.46. The summed E-state index contributed by atoms with van der Waals surface area (Å²) < 4.78 is 14.7.